The van der Waals surface area contributed by atoms with Crippen molar-refractivity contribution < 1.29 is 18.0 Å². The average Bonchev–Trinajstić information content (AvgIpc) is 3.59. The summed E-state index contributed by atoms with van der Waals surface area (Å²) in [4.78, 5) is 25.7. The molecular weight excluding hydrogens is 515 g/mol. The van der Waals surface area contributed by atoms with E-state index in [2.05, 4.69) is 32.1 Å². The van der Waals surface area contributed by atoms with Crippen LogP contribution in [-0.4, -0.2) is 25.4 Å². The maximum absolute atomic E-state index is 13.6. The first-order valence-electron chi connectivity index (χ1n) is 11.8. The van der Waals surface area contributed by atoms with Gasteiger partial charge in [0.1, 0.15) is 5.82 Å². The van der Waals surface area contributed by atoms with Crippen LogP contribution in [0.3, 0.4) is 0 Å². The lowest BCUT2D eigenvalue weighted by Gasteiger charge is -2.14. The molecule has 2 heterocycles. The number of alkyl halides is 3. The molecule has 0 saturated heterocycles. The number of carbonyl (C=O) groups is 1. The molecule has 0 bridgehead atoms. The van der Waals surface area contributed by atoms with Crippen molar-refractivity contribution in [3.8, 4) is 17.5 Å². The number of aromatic nitrogens is 4. The zero-order chi connectivity index (χ0) is 26.9. The third-order valence-corrected chi connectivity index (χ3v) is 6.29. The summed E-state index contributed by atoms with van der Waals surface area (Å²) in [5.74, 6) is 6.72. The Morgan fingerprint density at radius 3 is 2.53 bits per heavy atom. The highest BCUT2D eigenvalue weighted by Gasteiger charge is 2.31. The number of anilines is 1. The quantitative estimate of drug-likeness (QED) is 0.307. The Hall–Kier alpha value is -4.16. The van der Waals surface area contributed by atoms with Crippen LogP contribution in [-0.2, 0) is 12.6 Å². The molecule has 5 rings (SSSR count). The summed E-state index contributed by atoms with van der Waals surface area (Å²) in [6, 6.07) is 7.80. The van der Waals surface area contributed by atoms with E-state index in [1.807, 2.05) is 0 Å². The number of benzene rings is 2. The standard InChI is InChI=1S/C28H21ClF3N5O/c1-17-15-37(16-35-17)24-11-22(28(30,31)32)10-23(12-24)36-27(38)21-6-7-25(29)20(9-21)5-4-19-13-33-26(34-14-19)8-18-2-3-18/h6-7,9-16,18H,2-3,8H2,1H3,(H,36,38). The highest BCUT2D eigenvalue weighted by Crippen LogP contribution is 2.33. The topological polar surface area (TPSA) is 72.7 Å². The Labute approximate surface area is 221 Å². The predicted octanol–water partition coefficient (Wildman–Crippen LogP) is 6.25. The van der Waals surface area contributed by atoms with Crippen molar-refractivity contribution in [1.29, 1.82) is 0 Å². The van der Waals surface area contributed by atoms with Gasteiger partial charge in [0, 0.05) is 47.5 Å². The molecule has 2 aromatic heterocycles. The van der Waals surface area contributed by atoms with Crippen molar-refractivity contribution in [2.45, 2.75) is 32.4 Å². The minimum atomic E-state index is -4.60. The van der Waals surface area contributed by atoms with Crippen molar-refractivity contribution >= 4 is 23.2 Å². The number of aryl methyl sites for hydroxylation is 1. The number of nitrogens with one attached hydrogen (secondary N) is 1. The van der Waals surface area contributed by atoms with Gasteiger partial charge in [0.05, 0.1) is 28.2 Å². The van der Waals surface area contributed by atoms with Crippen molar-refractivity contribution in [3.63, 3.8) is 0 Å². The molecule has 0 atom stereocenters. The minimum absolute atomic E-state index is 0.0165. The van der Waals surface area contributed by atoms with E-state index in [4.69, 9.17) is 11.6 Å². The lowest BCUT2D eigenvalue weighted by Crippen LogP contribution is -2.14. The fraction of sp³-hybridized carbons (Fsp3) is 0.214. The van der Waals surface area contributed by atoms with E-state index < -0.39 is 17.6 Å². The Balaban J connectivity index is 1.37. The van der Waals surface area contributed by atoms with Gasteiger partial charge in [-0.1, -0.05) is 23.4 Å². The normalized spacial score (nSPS) is 13.1. The molecule has 6 nitrogen and oxygen atoms in total. The molecule has 0 spiro atoms. The van der Waals surface area contributed by atoms with E-state index in [9.17, 15) is 18.0 Å². The Kier molecular flexibility index (Phi) is 6.91. The van der Waals surface area contributed by atoms with Gasteiger partial charge < -0.3 is 9.88 Å². The smallest absolute Gasteiger partial charge is 0.322 e. The van der Waals surface area contributed by atoms with Gasteiger partial charge in [0.2, 0.25) is 0 Å². The molecule has 192 valence electrons. The fourth-order valence-corrected chi connectivity index (χ4v) is 3.93. The second-order valence-corrected chi connectivity index (χ2v) is 9.53. The first kappa shape index (κ1) is 25.5. The van der Waals surface area contributed by atoms with Gasteiger partial charge in [-0.2, -0.15) is 13.2 Å². The third kappa shape index (κ3) is 6.21. The second kappa shape index (κ2) is 10.3. The van der Waals surface area contributed by atoms with Gasteiger partial charge >= 0.3 is 6.18 Å². The Morgan fingerprint density at radius 2 is 1.87 bits per heavy atom. The Bertz CT molecular complexity index is 1560. The number of halogens is 4. The van der Waals surface area contributed by atoms with E-state index in [1.54, 1.807) is 25.5 Å². The molecule has 0 aliphatic heterocycles. The van der Waals surface area contributed by atoms with Crippen LogP contribution in [0.15, 0.2) is 61.3 Å². The first-order valence-corrected chi connectivity index (χ1v) is 12.2. The maximum atomic E-state index is 13.6. The van der Waals surface area contributed by atoms with E-state index in [0.29, 0.717) is 27.8 Å². The summed E-state index contributed by atoms with van der Waals surface area (Å²) < 4.78 is 42.1. The van der Waals surface area contributed by atoms with Crippen molar-refractivity contribution in [3.05, 3.63) is 100 Å². The number of rotatable bonds is 5. The van der Waals surface area contributed by atoms with Gasteiger partial charge in [-0.3, -0.25) is 4.79 Å². The molecule has 0 radical (unpaired) electrons. The summed E-state index contributed by atoms with van der Waals surface area (Å²) in [6.45, 7) is 1.73. The number of hydrogen-bond acceptors (Lipinski definition) is 4. The van der Waals surface area contributed by atoms with Crippen LogP contribution in [0.1, 0.15) is 51.4 Å². The molecule has 10 heteroatoms. The zero-order valence-corrected chi connectivity index (χ0v) is 20.9. The zero-order valence-electron chi connectivity index (χ0n) is 20.2. The minimum Gasteiger partial charge on any atom is -0.322 e. The highest BCUT2D eigenvalue weighted by molar-refractivity contribution is 6.32. The SMILES string of the molecule is Cc1cn(-c2cc(NC(=O)c3ccc(Cl)c(C#Cc4cnc(CC5CC5)nc4)c3)cc(C(F)(F)F)c2)cn1. The number of hydrogen-bond donors (Lipinski definition) is 1. The lowest BCUT2D eigenvalue weighted by molar-refractivity contribution is -0.137. The predicted molar refractivity (Wildman–Crippen MR) is 137 cm³/mol. The van der Waals surface area contributed by atoms with Gasteiger partial charge in [-0.05, 0) is 62.1 Å². The Morgan fingerprint density at radius 1 is 1.11 bits per heavy atom. The second-order valence-electron chi connectivity index (χ2n) is 9.12. The largest absolute Gasteiger partial charge is 0.416 e. The van der Waals surface area contributed by atoms with E-state index in [0.717, 1.165) is 24.4 Å². The molecule has 1 fully saturated rings. The maximum Gasteiger partial charge on any atom is 0.416 e. The van der Waals surface area contributed by atoms with E-state index >= 15 is 0 Å². The van der Waals surface area contributed by atoms with Crippen LogP contribution < -0.4 is 5.32 Å². The molecular formula is C28H21ClF3N5O. The monoisotopic (exact) mass is 535 g/mol. The van der Waals surface area contributed by atoms with Crippen LogP contribution in [0.4, 0.5) is 18.9 Å². The summed E-state index contributed by atoms with van der Waals surface area (Å²) in [6.07, 6.45) is 4.99. The van der Waals surface area contributed by atoms with Gasteiger partial charge in [-0.15, -0.1) is 0 Å². The van der Waals surface area contributed by atoms with E-state index in [-0.39, 0.29) is 16.9 Å². The van der Waals surface area contributed by atoms with Crippen LogP contribution in [0.2, 0.25) is 5.02 Å². The van der Waals surface area contributed by atoms with E-state index in [1.165, 1.54) is 48.0 Å². The summed E-state index contributed by atoms with van der Waals surface area (Å²) >= 11 is 6.28. The molecule has 4 aromatic rings. The molecule has 1 aliphatic rings. The van der Waals surface area contributed by atoms with Crippen LogP contribution >= 0.6 is 11.6 Å². The summed E-state index contributed by atoms with van der Waals surface area (Å²) in [5, 5.41) is 2.88. The molecule has 1 N–H and O–H groups in total. The fourth-order valence-electron chi connectivity index (χ4n) is 3.77. The molecule has 2 aromatic carbocycles. The third-order valence-electron chi connectivity index (χ3n) is 5.96. The first-order chi connectivity index (χ1) is 18.1. The molecule has 1 saturated carbocycles. The van der Waals surface area contributed by atoms with Gasteiger partial charge in [0.15, 0.2) is 0 Å². The molecule has 1 amide bonds. The number of imidazole rings is 1. The van der Waals surface area contributed by atoms with Gasteiger partial charge in [-0.25, -0.2) is 15.0 Å². The van der Waals surface area contributed by atoms with Crippen molar-refractivity contribution in [2.24, 2.45) is 5.92 Å². The number of carbonyl (C=O) groups excluding carboxylic acids is 1. The molecule has 0 unspecified atom stereocenters. The average molecular weight is 536 g/mol. The van der Waals surface area contributed by atoms with Crippen LogP contribution in [0.25, 0.3) is 5.69 Å². The van der Waals surface area contributed by atoms with Gasteiger partial charge in [0.25, 0.3) is 5.91 Å². The van der Waals surface area contributed by atoms with Crippen LogP contribution in [0, 0.1) is 24.7 Å². The lowest BCUT2D eigenvalue weighted by atomic mass is 10.1. The van der Waals surface area contributed by atoms with Crippen LogP contribution in [0.5, 0.6) is 0 Å². The molecule has 1 aliphatic carbocycles. The van der Waals surface area contributed by atoms with Crippen molar-refractivity contribution in [2.75, 3.05) is 5.32 Å². The number of nitrogens with zero attached hydrogens (tertiary/aromatic N) is 4. The summed E-state index contributed by atoms with van der Waals surface area (Å²) in [7, 11) is 0. The molecule has 38 heavy (non-hydrogen) atoms. The highest BCUT2D eigenvalue weighted by atomic mass is 35.5. The number of amides is 1. The summed E-state index contributed by atoms with van der Waals surface area (Å²) in [5.41, 5.74) is 1.11. The van der Waals surface area contributed by atoms with Crippen molar-refractivity contribution in [1.82, 2.24) is 19.5 Å².